The average Bonchev–Trinajstić information content (AvgIpc) is 3.08. The Balaban J connectivity index is 0.00000392. The van der Waals surface area contributed by atoms with Gasteiger partial charge in [0.25, 0.3) is 0 Å². The van der Waals surface area contributed by atoms with Crippen LogP contribution in [0.15, 0.2) is 28.1 Å². The molecule has 0 spiro atoms. The number of aliphatic imine (C=N–C) groups is 1. The molecular formula is C20H34IN3O3S. The van der Waals surface area contributed by atoms with Crippen molar-refractivity contribution < 1.29 is 13.2 Å². The normalized spacial score (nSPS) is 16.5. The van der Waals surface area contributed by atoms with Crippen molar-refractivity contribution in [3.05, 3.63) is 29.3 Å². The molecule has 160 valence electrons. The van der Waals surface area contributed by atoms with Gasteiger partial charge in [-0.1, -0.05) is 25.0 Å². The first-order valence-electron chi connectivity index (χ1n) is 9.53. The van der Waals surface area contributed by atoms with Crippen LogP contribution in [0.2, 0.25) is 0 Å². The Bertz CT molecular complexity index is 760. The summed E-state index contributed by atoms with van der Waals surface area (Å²) < 4.78 is 28.8. The molecule has 6 nitrogen and oxygen atoms in total. The predicted octanol–water partition coefficient (Wildman–Crippen LogP) is 3.28. The number of nitrogens with one attached hydrogen (secondary N) is 2. The zero-order valence-electron chi connectivity index (χ0n) is 17.4. The second kappa shape index (κ2) is 11.3. The maximum Gasteiger partial charge on any atom is 0.191 e. The Morgan fingerprint density at radius 1 is 1.25 bits per heavy atom. The molecule has 2 rings (SSSR count). The summed E-state index contributed by atoms with van der Waals surface area (Å²) >= 11 is 0. The molecule has 0 saturated heterocycles. The summed E-state index contributed by atoms with van der Waals surface area (Å²) in [7, 11) is 0.340. The summed E-state index contributed by atoms with van der Waals surface area (Å²) in [4.78, 5) is 4.71. The fourth-order valence-corrected chi connectivity index (χ4v) is 4.83. The number of sulfone groups is 1. The van der Waals surface area contributed by atoms with E-state index in [2.05, 4.69) is 15.6 Å². The van der Waals surface area contributed by atoms with E-state index in [0.717, 1.165) is 36.7 Å². The number of guanidine groups is 1. The fraction of sp³-hybridized carbons (Fsp3) is 0.650. The second-order valence-corrected chi connectivity index (χ2v) is 9.59. The molecule has 8 heteroatoms. The SMILES string of the molecule is CN=C(NCc1ccc(S(C)(=O)=O)c(C)c1)NCC1(CCOC)CCCC1.I. The van der Waals surface area contributed by atoms with Crippen molar-refractivity contribution >= 4 is 39.8 Å². The molecule has 0 unspecified atom stereocenters. The fourth-order valence-electron chi connectivity index (χ4n) is 3.87. The minimum atomic E-state index is -3.19. The average molecular weight is 523 g/mol. The quantitative estimate of drug-likeness (QED) is 0.311. The van der Waals surface area contributed by atoms with E-state index in [0.29, 0.717) is 16.9 Å². The topological polar surface area (TPSA) is 79.8 Å². The number of hydrogen-bond donors (Lipinski definition) is 2. The van der Waals surface area contributed by atoms with Crippen LogP contribution in [0, 0.1) is 12.3 Å². The molecule has 1 aliphatic rings. The maximum absolute atomic E-state index is 11.7. The number of hydrogen-bond acceptors (Lipinski definition) is 4. The highest BCUT2D eigenvalue weighted by molar-refractivity contribution is 14.0. The van der Waals surface area contributed by atoms with Gasteiger partial charge in [0.2, 0.25) is 0 Å². The van der Waals surface area contributed by atoms with Gasteiger partial charge in [0.15, 0.2) is 15.8 Å². The first-order valence-corrected chi connectivity index (χ1v) is 11.4. The summed E-state index contributed by atoms with van der Waals surface area (Å²) in [6.45, 7) is 4.10. The summed E-state index contributed by atoms with van der Waals surface area (Å²) in [5.41, 5.74) is 2.09. The Labute approximate surface area is 186 Å². The van der Waals surface area contributed by atoms with Gasteiger partial charge >= 0.3 is 0 Å². The van der Waals surface area contributed by atoms with Crippen LogP contribution in [0.25, 0.3) is 0 Å². The van der Waals surface area contributed by atoms with E-state index in [1.165, 1.54) is 31.9 Å². The molecule has 0 aromatic heterocycles. The van der Waals surface area contributed by atoms with Crippen molar-refractivity contribution in [3.8, 4) is 0 Å². The van der Waals surface area contributed by atoms with E-state index >= 15 is 0 Å². The lowest BCUT2D eigenvalue weighted by atomic mass is 9.83. The minimum absolute atomic E-state index is 0. The standard InChI is InChI=1S/C20H33N3O3S.HI/c1-16-13-17(7-8-18(16)27(4,24)25)14-22-19(21-2)23-15-20(11-12-26-3)9-5-6-10-20;/h7-8,13H,5-6,9-12,14-15H2,1-4H3,(H2,21,22,23);1H. The van der Waals surface area contributed by atoms with Crippen LogP contribution < -0.4 is 10.6 Å². The Hall–Kier alpha value is -0.870. The van der Waals surface area contributed by atoms with Crippen LogP contribution in [0.5, 0.6) is 0 Å². The van der Waals surface area contributed by atoms with Gasteiger partial charge in [-0.25, -0.2) is 8.42 Å². The van der Waals surface area contributed by atoms with Crippen molar-refractivity contribution in [1.29, 1.82) is 0 Å². The lowest BCUT2D eigenvalue weighted by Crippen LogP contribution is -2.43. The van der Waals surface area contributed by atoms with Gasteiger partial charge in [0.1, 0.15) is 0 Å². The summed E-state index contributed by atoms with van der Waals surface area (Å²) in [6, 6.07) is 5.44. The van der Waals surface area contributed by atoms with Gasteiger partial charge in [0, 0.05) is 40.1 Å². The van der Waals surface area contributed by atoms with Crippen LogP contribution in [0.4, 0.5) is 0 Å². The van der Waals surface area contributed by atoms with Gasteiger partial charge in [0.05, 0.1) is 4.90 Å². The van der Waals surface area contributed by atoms with Crippen molar-refractivity contribution in [1.82, 2.24) is 10.6 Å². The molecule has 0 aliphatic heterocycles. The highest BCUT2D eigenvalue weighted by Crippen LogP contribution is 2.40. The van der Waals surface area contributed by atoms with Gasteiger partial charge in [-0.2, -0.15) is 0 Å². The number of nitrogens with zero attached hydrogens (tertiary/aromatic N) is 1. The third-order valence-corrected chi connectivity index (χ3v) is 6.71. The number of aryl methyl sites for hydroxylation is 1. The zero-order valence-corrected chi connectivity index (χ0v) is 20.5. The summed E-state index contributed by atoms with van der Waals surface area (Å²) in [6.07, 6.45) is 7.33. The highest BCUT2D eigenvalue weighted by Gasteiger charge is 2.33. The smallest absolute Gasteiger partial charge is 0.191 e. The molecular weight excluding hydrogens is 489 g/mol. The van der Waals surface area contributed by atoms with Gasteiger partial charge in [-0.05, 0) is 48.8 Å². The van der Waals surface area contributed by atoms with Crippen molar-refractivity contribution in [2.24, 2.45) is 10.4 Å². The lowest BCUT2D eigenvalue weighted by Gasteiger charge is -2.30. The molecule has 0 amide bonds. The number of benzene rings is 1. The van der Waals surface area contributed by atoms with Gasteiger partial charge < -0.3 is 15.4 Å². The third kappa shape index (κ3) is 7.18. The molecule has 1 aliphatic carbocycles. The Morgan fingerprint density at radius 2 is 1.93 bits per heavy atom. The highest BCUT2D eigenvalue weighted by atomic mass is 127. The number of halogens is 1. The van der Waals surface area contributed by atoms with Crippen molar-refractivity contribution in [2.75, 3.05) is 33.6 Å². The van der Waals surface area contributed by atoms with E-state index in [4.69, 9.17) is 4.74 Å². The van der Waals surface area contributed by atoms with E-state index in [1.807, 2.05) is 19.1 Å². The molecule has 0 atom stereocenters. The molecule has 0 heterocycles. The van der Waals surface area contributed by atoms with Crippen molar-refractivity contribution in [2.45, 2.75) is 50.5 Å². The zero-order chi connectivity index (χ0) is 19.9. The summed E-state index contributed by atoms with van der Waals surface area (Å²) in [5.74, 6) is 0.767. The van der Waals surface area contributed by atoms with Crippen molar-refractivity contribution in [3.63, 3.8) is 0 Å². The molecule has 1 aromatic rings. The van der Waals surface area contributed by atoms with E-state index in [-0.39, 0.29) is 24.0 Å². The van der Waals surface area contributed by atoms with Crippen LogP contribution >= 0.6 is 24.0 Å². The van der Waals surface area contributed by atoms with Gasteiger partial charge in [-0.3, -0.25) is 4.99 Å². The van der Waals surface area contributed by atoms with Crippen LogP contribution in [0.3, 0.4) is 0 Å². The lowest BCUT2D eigenvalue weighted by molar-refractivity contribution is 0.138. The third-order valence-electron chi connectivity index (χ3n) is 5.45. The van der Waals surface area contributed by atoms with Crippen LogP contribution in [-0.4, -0.2) is 47.9 Å². The monoisotopic (exact) mass is 523 g/mol. The first kappa shape index (κ1) is 25.2. The molecule has 0 radical (unpaired) electrons. The molecule has 2 N–H and O–H groups in total. The van der Waals surface area contributed by atoms with Crippen LogP contribution in [0.1, 0.15) is 43.2 Å². The van der Waals surface area contributed by atoms with Gasteiger partial charge in [-0.15, -0.1) is 24.0 Å². The Morgan fingerprint density at radius 3 is 2.46 bits per heavy atom. The molecule has 1 aromatic carbocycles. The van der Waals surface area contributed by atoms with E-state index < -0.39 is 9.84 Å². The van der Waals surface area contributed by atoms with E-state index in [9.17, 15) is 8.42 Å². The predicted molar refractivity (Wildman–Crippen MR) is 125 cm³/mol. The number of rotatable bonds is 8. The molecule has 0 bridgehead atoms. The maximum atomic E-state index is 11.7. The molecule has 1 saturated carbocycles. The number of ether oxygens (including phenoxy) is 1. The van der Waals surface area contributed by atoms with E-state index in [1.54, 1.807) is 20.2 Å². The second-order valence-electron chi connectivity index (χ2n) is 7.60. The molecule has 28 heavy (non-hydrogen) atoms. The number of methoxy groups -OCH3 is 1. The van der Waals surface area contributed by atoms with Crippen LogP contribution in [-0.2, 0) is 21.1 Å². The Kier molecular flexibility index (Phi) is 10.2. The summed E-state index contributed by atoms with van der Waals surface area (Å²) in [5, 5.41) is 6.80. The first-order chi connectivity index (χ1) is 12.8. The molecule has 1 fully saturated rings. The minimum Gasteiger partial charge on any atom is -0.385 e. The largest absolute Gasteiger partial charge is 0.385 e.